The minimum absolute atomic E-state index is 0.234. The lowest BCUT2D eigenvalue weighted by Crippen LogP contribution is -2.58. The molecule has 2 aromatic heterocycles. The first-order chi connectivity index (χ1) is 11.4. The van der Waals surface area contributed by atoms with Crippen LogP contribution in [0.4, 0.5) is 11.5 Å². The van der Waals surface area contributed by atoms with Crippen LogP contribution < -0.4 is 15.9 Å². The van der Waals surface area contributed by atoms with Gasteiger partial charge in [-0.1, -0.05) is 11.6 Å². The number of aryl methyl sites for hydroxylation is 2. The third-order valence-electron chi connectivity index (χ3n) is 5.25. The zero-order valence-electron chi connectivity index (χ0n) is 14.3. The van der Waals surface area contributed by atoms with Crippen LogP contribution in [-0.4, -0.2) is 58.2 Å². The molecule has 0 spiro atoms. The number of anilines is 2. The number of halogens is 1. The summed E-state index contributed by atoms with van der Waals surface area (Å²) in [6, 6.07) is 0.621. The van der Waals surface area contributed by atoms with Crippen molar-refractivity contribution in [2.75, 3.05) is 36.9 Å². The van der Waals surface area contributed by atoms with E-state index >= 15 is 0 Å². The smallest absolute Gasteiger partial charge is 0.350 e. The number of piperazine rings is 1. The Morgan fingerprint density at radius 2 is 2.00 bits per heavy atom. The van der Waals surface area contributed by atoms with Crippen molar-refractivity contribution in [2.24, 2.45) is 7.05 Å². The molecule has 4 rings (SSSR count). The van der Waals surface area contributed by atoms with Gasteiger partial charge in [-0.05, 0) is 20.9 Å². The van der Waals surface area contributed by atoms with Gasteiger partial charge in [0.25, 0.3) is 0 Å². The largest absolute Gasteiger partial charge is 0.381 e. The molecule has 8 heteroatoms. The summed E-state index contributed by atoms with van der Waals surface area (Å²) >= 11 is 6.53. The number of hydrogen-bond acceptors (Lipinski definition) is 6. The molecule has 7 nitrogen and oxygen atoms in total. The number of aromatic nitrogens is 3. The van der Waals surface area contributed by atoms with Gasteiger partial charge in [-0.25, -0.2) is 9.78 Å². The van der Waals surface area contributed by atoms with Gasteiger partial charge >= 0.3 is 5.69 Å². The van der Waals surface area contributed by atoms with Gasteiger partial charge in [0.15, 0.2) is 0 Å². The maximum atomic E-state index is 12.4. The molecule has 2 aliphatic rings. The van der Waals surface area contributed by atoms with Crippen LogP contribution in [0.25, 0.3) is 11.0 Å². The van der Waals surface area contributed by atoms with Gasteiger partial charge in [0, 0.05) is 32.7 Å². The Hall–Kier alpha value is -1.86. The molecular weight excluding hydrogens is 328 g/mol. The molecule has 2 unspecified atom stereocenters. The van der Waals surface area contributed by atoms with Crippen molar-refractivity contribution >= 4 is 34.1 Å². The highest BCUT2D eigenvalue weighted by Gasteiger charge is 2.35. The van der Waals surface area contributed by atoms with E-state index in [4.69, 9.17) is 11.6 Å². The average Bonchev–Trinajstić information content (AvgIpc) is 2.68. The number of nitrogens with zero attached hydrogens (tertiary/aromatic N) is 5. The highest BCUT2D eigenvalue weighted by Crippen LogP contribution is 2.39. The van der Waals surface area contributed by atoms with Crippen LogP contribution in [0.1, 0.15) is 12.6 Å². The van der Waals surface area contributed by atoms with Crippen molar-refractivity contribution in [3.63, 3.8) is 0 Å². The van der Waals surface area contributed by atoms with Crippen LogP contribution in [0.3, 0.4) is 0 Å². The molecule has 1 N–H and O–H groups in total. The van der Waals surface area contributed by atoms with E-state index in [1.54, 1.807) is 7.05 Å². The van der Waals surface area contributed by atoms with Gasteiger partial charge in [-0.15, -0.1) is 0 Å². The fourth-order valence-electron chi connectivity index (χ4n) is 3.64. The summed E-state index contributed by atoms with van der Waals surface area (Å²) in [4.78, 5) is 25.9. The van der Waals surface area contributed by atoms with Gasteiger partial charge in [-0.2, -0.15) is 4.98 Å². The Balaban J connectivity index is 2.05. The van der Waals surface area contributed by atoms with Crippen molar-refractivity contribution in [1.82, 2.24) is 19.4 Å². The molecule has 0 saturated carbocycles. The Kier molecular flexibility index (Phi) is 3.47. The van der Waals surface area contributed by atoms with Crippen LogP contribution in [-0.2, 0) is 7.05 Å². The Morgan fingerprint density at radius 1 is 1.25 bits per heavy atom. The van der Waals surface area contributed by atoms with E-state index in [0.717, 1.165) is 30.7 Å². The van der Waals surface area contributed by atoms with Crippen LogP contribution in [0.15, 0.2) is 4.79 Å². The fraction of sp³-hybridized carbons (Fsp3) is 0.562. The van der Waals surface area contributed by atoms with E-state index < -0.39 is 0 Å². The average molecular weight is 349 g/mol. The first kappa shape index (κ1) is 15.7. The number of rotatable bonds is 0. The van der Waals surface area contributed by atoms with E-state index in [0.29, 0.717) is 28.2 Å². The minimum atomic E-state index is -0.287. The molecule has 0 bridgehead atoms. The molecule has 0 amide bonds. The molecule has 0 aliphatic carbocycles. The monoisotopic (exact) mass is 348 g/mol. The summed E-state index contributed by atoms with van der Waals surface area (Å²) in [6.45, 7) is 6.53. The Bertz CT molecular complexity index is 894. The van der Waals surface area contributed by atoms with E-state index in [1.165, 1.54) is 4.57 Å². The van der Waals surface area contributed by atoms with Crippen molar-refractivity contribution in [1.29, 1.82) is 0 Å². The topological polar surface area (TPSA) is 66.3 Å². The van der Waals surface area contributed by atoms with Crippen molar-refractivity contribution < 1.29 is 0 Å². The van der Waals surface area contributed by atoms with Crippen LogP contribution >= 0.6 is 11.6 Å². The predicted molar refractivity (Wildman–Crippen MR) is 96.2 cm³/mol. The van der Waals surface area contributed by atoms with Crippen molar-refractivity contribution in [2.45, 2.75) is 25.9 Å². The van der Waals surface area contributed by atoms with Gasteiger partial charge in [0.1, 0.15) is 11.5 Å². The van der Waals surface area contributed by atoms with E-state index in [9.17, 15) is 4.79 Å². The lowest BCUT2D eigenvalue weighted by molar-refractivity contribution is 0.203. The third kappa shape index (κ3) is 2.11. The summed E-state index contributed by atoms with van der Waals surface area (Å²) in [5.74, 6) is 0.701. The first-order valence-electron chi connectivity index (χ1n) is 8.16. The molecule has 0 aromatic carbocycles. The lowest BCUT2D eigenvalue weighted by Gasteiger charge is -2.43. The zero-order valence-corrected chi connectivity index (χ0v) is 15.1. The highest BCUT2D eigenvalue weighted by atomic mass is 35.5. The van der Waals surface area contributed by atoms with Gasteiger partial charge in [0.2, 0.25) is 0 Å². The Morgan fingerprint density at radius 3 is 2.75 bits per heavy atom. The molecule has 2 aromatic rings. The number of fused-ring (bicyclic) bond motifs is 2. The quantitative estimate of drug-likeness (QED) is 0.772. The second kappa shape index (κ2) is 5.32. The molecule has 1 saturated heterocycles. The SMILES string of the molecule is Cc1nc2c3c(nc(=O)n2C)N2CC(C)N(C)CC2CNc3c1Cl. The number of hydrogen-bond donors (Lipinski definition) is 1. The van der Waals surface area contributed by atoms with Crippen LogP contribution in [0, 0.1) is 6.92 Å². The summed E-state index contributed by atoms with van der Waals surface area (Å²) in [7, 11) is 3.83. The van der Waals surface area contributed by atoms with Crippen molar-refractivity contribution in [3.8, 4) is 0 Å². The normalized spacial score (nSPS) is 23.8. The standard InChI is InChI=1S/C16H21ClN6O/c1-8-6-23-10(7-21(8)3)5-18-13-11-14(19-9(2)12(13)17)22(4)16(24)20-15(11)23/h8,10,18H,5-7H2,1-4H3. The van der Waals surface area contributed by atoms with Gasteiger partial charge in [-0.3, -0.25) is 9.47 Å². The van der Waals surface area contributed by atoms with E-state index in [2.05, 4.69) is 39.1 Å². The van der Waals surface area contributed by atoms with Gasteiger partial charge in [0.05, 0.1) is 27.8 Å². The maximum Gasteiger partial charge on any atom is 0.350 e. The number of nitrogens with one attached hydrogen (secondary N) is 1. The number of likely N-dealkylation sites (N-methyl/N-ethyl adjacent to an activating group) is 1. The molecule has 0 radical (unpaired) electrons. The second-order valence-electron chi connectivity index (χ2n) is 6.84. The summed E-state index contributed by atoms with van der Waals surface area (Å²) < 4.78 is 1.49. The maximum absolute atomic E-state index is 12.4. The molecular formula is C16H21ClN6O. The number of pyridine rings is 1. The summed E-state index contributed by atoms with van der Waals surface area (Å²) in [5.41, 5.74) is 1.89. The van der Waals surface area contributed by atoms with Crippen molar-refractivity contribution in [3.05, 3.63) is 21.2 Å². The minimum Gasteiger partial charge on any atom is -0.381 e. The molecule has 2 aliphatic heterocycles. The zero-order chi connectivity index (χ0) is 17.2. The molecule has 2 atom stereocenters. The summed E-state index contributed by atoms with van der Waals surface area (Å²) in [6.07, 6.45) is 0. The molecule has 1 fully saturated rings. The highest BCUT2D eigenvalue weighted by molar-refractivity contribution is 6.35. The Labute approximate surface area is 145 Å². The van der Waals surface area contributed by atoms with E-state index in [-0.39, 0.29) is 11.7 Å². The van der Waals surface area contributed by atoms with E-state index in [1.807, 2.05) is 6.92 Å². The molecule has 4 heterocycles. The first-order valence-corrected chi connectivity index (χ1v) is 8.54. The second-order valence-corrected chi connectivity index (χ2v) is 7.22. The lowest BCUT2D eigenvalue weighted by atomic mass is 10.1. The van der Waals surface area contributed by atoms with Crippen LogP contribution in [0.2, 0.25) is 5.02 Å². The molecule has 128 valence electrons. The van der Waals surface area contributed by atoms with Crippen LogP contribution in [0.5, 0.6) is 0 Å². The predicted octanol–water partition coefficient (Wildman–Crippen LogP) is 1.22. The third-order valence-corrected chi connectivity index (χ3v) is 5.72. The fourth-order valence-corrected chi connectivity index (χ4v) is 3.85. The van der Waals surface area contributed by atoms with Gasteiger partial charge < -0.3 is 10.2 Å². The summed E-state index contributed by atoms with van der Waals surface area (Å²) in [5, 5.41) is 4.93. The molecule has 24 heavy (non-hydrogen) atoms.